The van der Waals surface area contributed by atoms with Crippen LogP contribution in [0.1, 0.15) is 6.42 Å². The summed E-state index contributed by atoms with van der Waals surface area (Å²) < 4.78 is 5.08. The highest BCUT2D eigenvalue weighted by Crippen LogP contribution is 2.29. The number of carbonyl (C=O) groups is 1. The SMILES string of the molecule is COc1ccc(N2CCC(SC(=N)N)C2=O)cc1. The summed E-state index contributed by atoms with van der Waals surface area (Å²) in [5, 5.41) is 6.99. The van der Waals surface area contributed by atoms with Crippen LogP contribution in [-0.4, -0.2) is 30.0 Å². The van der Waals surface area contributed by atoms with Gasteiger partial charge >= 0.3 is 0 Å². The van der Waals surface area contributed by atoms with Gasteiger partial charge in [-0.05, 0) is 30.7 Å². The number of benzene rings is 1. The van der Waals surface area contributed by atoms with Crippen LogP contribution in [0, 0.1) is 5.41 Å². The fourth-order valence-corrected chi connectivity index (χ4v) is 2.69. The number of hydrogen-bond donors (Lipinski definition) is 2. The number of methoxy groups -OCH3 is 1. The number of ether oxygens (including phenoxy) is 1. The summed E-state index contributed by atoms with van der Waals surface area (Å²) in [6.45, 7) is 0.663. The molecule has 3 N–H and O–H groups in total. The van der Waals surface area contributed by atoms with E-state index in [-0.39, 0.29) is 16.3 Å². The lowest BCUT2D eigenvalue weighted by Gasteiger charge is -2.16. The predicted octanol–water partition coefficient (Wildman–Crippen LogP) is 1.43. The van der Waals surface area contributed by atoms with Crippen LogP contribution in [0.2, 0.25) is 0 Å². The van der Waals surface area contributed by atoms with Crippen LogP contribution in [0.5, 0.6) is 5.75 Å². The highest BCUT2D eigenvalue weighted by Gasteiger charge is 2.33. The molecule has 96 valence electrons. The van der Waals surface area contributed by atoms with E-state index < -0.39 is 0 Å². The van der Waals surface area contributed by atoms with E-state index in [4.69, 9.17) is 15.9 Å². The van der Waals surface area contributed by atoms with Gasteiger partial charge in [-0.2, -0.15) is 0 Å². The van der Waals surface area contributed by atoms with Crippen molar-refractivity contribution in [2.75, 3.05) is 18.6 Å². The van der Waals surface area contributed by atoms with Gasteiger partial charge in [0.15, 0.2) is 5.17 Å². The maximum Gasteiger partial charge on any atom is 0.240 e. The lowest BCUT2D eigenvalue weighted by Crippen LogP contribution is -2.29. The van der Waals surface area contributed by atoms with Crippen molar-refractivity contribution in [3.8, 4) is 5.75 Å². The first-order valence-electron chi connectivity index (χ1n) is 5.58. The van der Waals surface area contributed by atoms with Gasteiger partial charge in [0.05, 0.1) is 12.4 Å². The summed E-state index contributed by atoms with van der Waals surface area (Å²) in [5.41, 5.74) is 6.17. The Kier molecular flexibility index (Phi) is 3.76. The van der Waals surface area contributed by atoms with Gasteiger partial charge in [-0.1, -0.05) is 11.8 Å². The van der Waals surface area contributed by atoms with Gasteiger partial charge in [-0.15, -0.1) is 0 Å². The highest BCUT2D eigenvalue weighted by molar-refractivity contribution is 8.14. The number of amides is 1. The minimum Gasteiger partial charge on any atom is -0.497 e. The predicted molar refractivity (Wildman–Crippen MR) is 73.3 cm³/mol. The Balaban J connectivity index is 2.10. The molecular weight excluding hydrogens is 250 g/mol. The zero-order valence-electron chi connectivity index (χ0n) is 10.1. The molecule has 0 saturated carbocycles. The second-order valence-electron chi connectivity index (χ2n) is 3.95. The minimum absolute atomic E-state index is 0.00932. The molecule has 5 nitrogen and oxygen atoms in total. The van der Waals surface area contributed by atoms with E-state index in [9.17, 15) is 4.79 Å². The molecule has 0 bridgehead atoms. The van der Waals surface area contributed by atoms with Gasteiger partial charge in [-0.25, -0.2) is 0 Å². The van der Waals surface area contributed by atoms with Crippen molar-refractivity contribution < 1.29 is 9.53 Å². The van der Waals surface area contributed by atoms with E-state index in [0.29, 0.717) is 6.54 Å². The van der Waals surface area contributed by atoms with Gasteiger partial charge < -0.3 is 15.4 Å². The second kappa shape index (κ2) is 5.30. The van der Waals surface area contributed by atoms with Crippen LogP contribution in [0.3, 0.4) is 0 Å². The first kappa shape index (κ1) is 12.8. The number of nitrogens with one attached hydrogen (secondary N) is 1. The summed E-state index contributed by atoms with van der Waals surface area (Å²) in [5.74, 6) is 0.778. The lowest BCUT2D eigenvalue weighted by molar-refractivity contribution is -0.116. The van der Waals surface area contributed by atoms with E-state index in [0.717, 1.165) is 29.6 Å². The molecule has 1 heterocycles. The molecule has 1 aliphatic rings. The Morgan fingerprint density at radius 2 is 2.17 bits per heavy atom. The third-order valence-corrected chi connectivity index (χ3v) is 3.79. The molecule has 1 aromatic rings. The first-order valence-corrected chi connectivity index (χ1v) is 6.46. The van der Waals surface area contributed by atoms with Crippen LogP contribution < -0.4 is 15.4 Å². The van der Waals surface area contributed by atoms with Gasteiger partial charge in [-0.3, -0.25) is 10.2 Å². The molecule has 6 heteroatoms. The molecule has 0 spiro atoms. The molecule has 0 radical (unpaired) electrons. The quantitative estimate of drug-likeness (QED) is 0.640. The fourth-order valence-electron chi connectivity index (χ4n) is 1.93. The number of anilines is 1. The molecule has 1 atom stereocenters. The average Bonchev–Trinajstić information content (AvgIpc) is 2.71. The number of carbonyl (C=O) groups excluding carboxylic acids is 1. The molecule has 1 unspecified atom stereocenters. The van der Waals surface area contributed by atoms with Crippen molar-refractivity contribution in [3.63, 3.8) is 0 Å². The van der Waals surface area contributed by atoms with E-state index in [2.05, 4.69) is 0 Å². The zero-order chi connectivity index (χ0) is 13.1. The van der Waals surface area contributed by atoms with E-state index >= 15 is 0 Å². The van der Waals surface area contributed by atoms with Gasteiger partial charge in [0.1, 0.15) is 5.75 Å². The number of rotatable bonds is 3. The smallest absolute Gasteiger partial charge is 0.240 e. The Morgan fingerprint density at radius 1 is 1.50 bits per heavy atom. The summed E-state index contributed by atoms with van der Waals surface area (Å²) in [4.78, 5) is 13.8. The molecule has 1 aromatic carbocycles. The molecular formula is C12H15N3O2S. The molecule has 1 saturated heterocycles. The fraction of sp³-hybridized carbons (Fsp3) is 0.333. The number of hydrogen-bond acceptors (Lipinski definition) is 4. The number of thioether (sulfide) groups is 1. The number of amidine groups is 1. The summed E-state index contributed by atoms with van der Waals surface area (Å²) in [6.07, 6.45) is 0.717. The Labute approximate surface area is 110 Å². The molecule has 18 heavy (non-hydrogen) atoms. The molecule has 1 amide bonds. The Morgan fingerprint density at radius 3 is 2.72 bits per heavy atom. The van der Waals surface area contributed by atoms with Crippen molar-refractivity contribution >= 4 is 28.5 Å². The van der Waals surface area contributed by atoms with Gasteiger partial charge in [0.2, 0.25) is 5.91 Å². The summed E-state index contributed by atoms with van der Waals surface area (Å²) in [7, 11) is 1.61. The third-order valence-electron chi connectivity index (χ3n) is 2.81. The van der Waals surface area contributed by atoms with Crippen LogP contribution in [-0.2, 0) is 4.79 Å². The summed E-state index contributed by atoms with van der Waals surface area (Å²) in [6, 6.07) is 7.37. The second-order valence-corrected chi connectivity index (χ2v) is 5.19. The van der Waals surface area contributed by atoms with Gasteiger partial charge in [0.25, 0.3) is 0 Å². The maximum atomic E-state index is 12.1. The number of nitrogens with zero attached hydrogens (tertiary/aromatic N) is 1. The highest BCUT2D eigenvalue weighted by atomic mass is 32.2. The molecule has 1 aliphatic heterocycles. The van der Waals surface area contributed by atoms with Crippen molar-refractivity contribution in [3.05, 3.63) is 24.3 Å². The van der Waals surface area contributed by atoms with Crippen LogP contribution in [0.25, 0.3) is 0 Å². The van der Waals surface area contributed by atoms with E-state index in [1.165, 1.54) is 0 Å². The third kappa shape index (κ3) is 2.59. The van der Waals surface area contributed by atoms with Crippen molar-refractivity contribution in [2.45, 2.75) is 11.7 Å². The van der Waals surface area contributed by atoms with Crippen molar-refractivity contribution in [2.24, 2.45) is 5.73 Å². The molecule has 0 aliphatic carbocycles. The van der Waals surface area contributed by atoms with Gasteiger partial charge in [0, 0.05) is 12.2 Å². The Hall–Kier alpha value is -1.69. The standard InChI is InChI=1S/C12H15N3O2S/c1-17-9-4-2-8(3-5-9)15-7-6-10(11(15)16)18-12(13)14/h2-5,10H,6-7H2,1H3,(H3,13,14). The Bertz CT molecular complexity index is 461. The minimum atomic E-state index is -0.232. The lowest BCUT2D eigenvalue weighted by atomic mass is 10.3. The molecule has 0 aromatic heterocycles. The normalized spacial score (nSPS) is 19.1. The zero-order valence-corrected chi connectivity index (χ0v) is 10.9. The molecule has 2 rings (SSSR count). The first-order chi connectivity index (χ1) is 8.61. The van der Waals surface area contributed by atoms with E-state index in [1.54, 1.807) is 12.0 Å². The van der Waals surface area contributed by atoms with Crippen LogP contribution >= 0.6 is 11.8 Å². The van der Waals surface area contributed by atoms with Crippen molar-refractivity contribution in [1.82, 2.24) is 0 Å². The molecule has 1 fully saturated rings. The monoisotopic (exact) mass is 265 g/mol. The van der Waals surface area contributed by atoms with Crippen LogP contribution in [0.4, 0.5) is 5.69 Å². The average molecular weight is 265 g/mol. The maximum absolute atomic E-state index is 12.1. The van der Waals surface area contributed by atoms with Crippen molar-refractivity contribution in [1.29, 1.82) is 5.41 Å². The van der Waals surface area contributed by atoms with Crippen LogP contribution in [0.15, 0.2) is 24.3 Å². The van der Waals surface area contributed by atoms with E-state index in [1.807, 2.05) is 24.3 Å². The largest absolute Gasteiger partial charge is 0.497 e. The number of nitrogens with two attached hydrogens (primary N) is 1. The topological polar surface area (TPSA) is 79.4 Å². The summed E-state index contributed by atoms with van der Waals surface area (Å²) >= 11 is 1.12.